The van der Waals surface area contributed by atoms with E-state index in [9.17, 15) is 9.90 Å². The Bertz CT molecular complexity index is 268. The van der Waals surface area contributed by atoms with Crippen LogP contribution in [0, 0.1) is 0 Å². The molecule has 1 heterocycles. The number of hydrogen-bond donors (Lipinski definition) is 2. The fourth-order valence-corrected chi connectivity index (χ4v) is 2.07. The third-order valence-electron chi connectivity index (χ3n) is 3.66. The van der Waals surface area contributed by atoms with Gasteiger partial charge in [0.05, 0.1) is 5.60 Å². The molecule has 1 rings (SSSR count). The Kier molecular flexibility index (Phi) is 5.56. The second-order valence-electron chi connectivity index (χ2n) is 5.63. The average molecular weight is 258 g/mol. The highest BCUT2D eigenvalue weighted by Crippen LogP contribution is 2.15. The SMILES string of the molecule is COCC(=O)N1CCC(NC(C)C(C)(C)O)CC1. The first-order valence-electron chi connectivity index (χ1n) is 6.59. The molecule has 0 radical (unpaired) electrons. The maximum Gasteiger partial charge on any atom is 0.248 e. The highest BCUT2D eigenvalue weighted by molar-refractivity contribution is 5.77. The molecule has 1 saturated heterocycles. The van der Waals surface area contributed by atoms with Crippen molar-refractivity contribution in [3.63, 3.8) is 0 Å². The van der Waals surface area contributed by atoms with Gasteiger partial charge in [-0.3, -0.25) is 4.79 Å². The van der Waals surface area contributed by atoms with E-state index < -0.39 is 5.60 Å². The lowest BCUT2D eigenvalue weighted by atomic mass is 9.97. The zero-order valence-corrected chi connectivity index (χ0v) is 11.9. The van der Waals surface area contributed by atoms with Gasteiger partial charge in [-0.1, -0.05) is 0 Å². The molecule has 1 unspecified atom stereocenters. The molecule has 1 amide bonds. The van der Waals surface area contributed by atoms with E-state index in [0.29, 0.717) is 6.04 Å². The minimum absolute atomic E-state index is 0.0451. The number of carbonyl (C=O) groups excluding carboxylic acids is 1. The number of likely N-dealkylation sites (tertiary alicyclic amines) is 1. The fourth-order valence-electron chi connectivity index (χ4n) is 2.07. The van der Waals surface area contributed by atoms with Crippen LogP contribution in [0.4, 0.5) is 0 Å². The number of nitrogens with zero attached hydrogens (tertiary/aromatic N) is 1. The smallest absolute Gasteiger partial charge is 0.248 e. The molecule has 1 fully saturated rings. The van der Waals surface area contributed by atoms with Crippen molar-refractivity contribution < 1.29 is 14.6 Å². The van der Waals surface area contributed by atoms with Crippen molar-refractivity contribution in [1.82, 2.24) is 10.2 Å². The summed E-state index contributed by atoms with van der Waals surface area (Å²) in [6.45, 7) is 7.29. The van der Waals surface area contributed by atoms with Crippen molar-refractivity contribution in [2.75, 3.05) is 26.8 Å². The first kappa shape index (κ1) is 15.4. The van der Waals surface area contributed by atoms with Crippen molar-refractivity contribution in [2.45, 2.75) is 51.3 Å². The van der Waals surface area contributed by atoms with Crippen LogP contribution in [0.1, 0.15) is 33.6 Å². The maximum atomic E-state index is 11.6. The molecule has 18 heavy (non-hydrogen) atoms. The second kappa shape index (κ2) is 6.50. The molecule has 1 aliphatic heterocycles. The van der Waals surface area contributed by atoms with Crippen molar-refractivity contribution in [3.05, 3.63) is 0 Å². The summed E-state index contributed by atoms with van der Waals surface area (Å²) in [6, 6.07) is 0.418. The number of rotatable bonds is 5. The number of piperidine rings is 1. The van der Waals surface area contributed by atoms with Crippen LogP contribution >= 0.6 is 0 Å². The van der Waals surface area contributed by atoms with E-state index in [1.807, 2.05) is 25.7 Å². The van der Waals surface area contributed by atoms with Gasteiger partial charge in [-0.25, -0.2) is 0 Å². The predicted octanol–water partition coefficient (Wildman–Crippen LogP) is 0.373. The normalized spacial score (nSPS) is 19.9. The molecule has 0 bridgehead atoms. The van der Waals surface area contributed by atoms with E-state index in [4.69, 9.17) is 4.74 Å². The van der Waals surface area contributed by atoms with Crippen LogP contribution in [0.2, 0.25) is 0 Å². The Morgan fingerprint density at radius 3 is 2.50 bits per heavy atom. The summed E-state index contributed by atoms with van der Waals surface area (Å²) in [4.78, 5) is 13.5. The molecule has 0 aromatic carbocycles. The van der Waals surface area contributed by atoms with Gasteiger partial charge in [0.2, 0.25) is 5.91 Å². The number of ether oxygens (including phenoxy) is 1. The van der Waals surface area contributed by atoms with E-state index >= 15 is 0 Å². The first-order chi connectivity index (χ1) is 8.34. The van der Waals surface area contributed by atoms with Gasteiger partial charge in [0.25, 0.3) is 0 Å². The van der Waals surface area contributed by atoms with Gasteiger partial charge in [-0.15, -0.1) is 0 Å². The highest BCUT2D eigenvalue weighted by Gasteiger charge is 2.28. The van der Waals surface area contributed by atoms with E-state index in [0.717, 1.165) is 25.9 Å². The second-order valence-corrected chi connectivity index (χ2v) is 5.63. The molecular formula is C13H26N2O3. The Balaban J connectivity index is 2.33. The Hall–Kier alpha value is -0.650. The number of nitrogens with one attached hydrogen (secondary N) is 1. The Labute approximate surface area is 109 Å². The summed E-state index contributed by atoms with van der Waals surface area (Å²) in [7, 11) is 1.54. The standard InChI is InChI=1S/C13H26N2O3/c1-10(13(2,3)17)14-11-5-7-15(8-6-11)12(16)9-18-4/h10-11,14,17H,5-9H2,1-4H3. The minimum Gasteiger partial charge on any atom is -0.389 e. The number of hydrogen-bond acceptors (Lipinski definition) is 4. The third kappa shape index (κ3) is 4.55. The summed E-state index contributed by atoms with van der Waals surface area (Å²) in [5.74, 6) is 0.0616. The summed E-state index contributed by atoms with van der Waals surface area (Å²) < 4.78 is 4.85. The molecule has 0 aliphatic carbocycles. The molecule has 1 atom stereocenters. The van der Waals surface area contributed by atoms with Gasteiger partial charge in [-0.05, 0) is 33.6 Å². The van der Waals surface area contributed by atoms with Crippen molar-refractivity contribution in [1.29, 1.82) is 0 Å². The zero-order chi connectivity index (χ0) is 13.8. The molecule has 106 valence electrons. The van der Waals surface area contributed by atoms with Gasteiger partial charge in [-0.2, -0.15) is 0 Å². The van der Waals surface area contributed by atoms with Crippen LogP contribution in [0.5, 0.6) is 0 Å². The zero-order valence-electron chi connectivity index (χ0n) is 11.9. The maximum absolute atomic E-state index is 11.6. The molecule has 0 aromatic heterocycles. The molecule has 0 aromatic rings. The van der Waals surface area contributed by atoms with Gasteiger partial charge >= 0.3 is 0 Å². The summed E-state index contributed by atoms with van der Waals surface area (Å²) in [5.41, 5.74) is -0.719. The van der Waals surface area contributed by atoms with Crippen LogP contribution in [-0.4, -0.2) is 60.4 Å². The molecule has 0 saturated carbocycles. The number of amides is 1. The molecule has 5 nitrogen and oxygen atoms in total. The van der Waals surface area contributed by atoms with Crippen molar-refractivity contribution in [2.24, 2.45) is 0 Å². The number of aliphatic hydroxyl groups is 1. The molecule has 5 heteroatoms. The number of carbonyl (C=O) groups is 1. The largest absolute Gasteiger partial charge is 0.389 e. The van der Waals surface area contributed by atoms with Crippen LogP contribution in [0.25, 0.3) is 0 Å². The topological polar surface area (TPSA) is 61.8 Å². The van der Waals surface area contributed by atoms with E-state index in [-0.39, 0.29) is 18.6 Å². The Morgan fingerprint density at radius 2 is 2.06 bits per heavy atom. The quantitative estimate of drug-likeness (QED) is 0.748. The van der Waals surface area contributed by atoms with E-state index in [1.54, 1.807) is 0 Å². The number of methoxy groups -OCH3 is 1. The predicted molar refractivity (Wildman–Crippen MR) is 70.4 cm³/mol. The van der Waals surface area contributed by atoms with Crippen LogP contribution < -0.4 is 5.32 Å². The highest BCUT2D eigenvalue weighted by atomic mass is 16.5. The monoisotopic (exact) mass is 258 g/mol. The lowest BCUT2D eigenvalue weighted by Crippen LogP contribution is -2.53. The van der Waals surface area contributed by atoms with Crippen LogP contribution in [-0.2, 0) is 9.53 Å². The fraction of sp³-hybridized carbons (Fsp3) is 0.923. The first-order valence-corrected chi connectivity index (χ1v) is 6.59. The average Bonchev–Trinajstić information content (AvgIpc) is 2.29. The van der Waals surface area contributed by atoms with Gasteiger partial charge in [0.15, 0.2) is 0 Å². The molecular weight excluding hydrogens is 232 g/mol. The lowest BCUT2D eigenvalue weighted by Gasteiger charge is -2.36. The van der Waals surface area contributed by atoms with Gasteiger partial charge < -0.3 is 20.1 Å². The molecule has 0 spiro atoms. The minimum atomic E-state index is -0.719. The van der Waals surface area contributed by atoms with Crippen LogP contribution in [0.3, 0.4) is 0 Å². The lowest BCUT2D eigenvalue weighted by molar-refractivity contribution is -0.136. The Morgan fingerprint density at radius 1 is 1.50 bits per heavy atom. The van der Waals surface area contributed by atoms with Crippen molar-refractivity contribution >= 4 is 5.91 Å². The van der Waals surface area contributed by atoms with E-state index in [1.165, 1.54) is 7.11 Å². The van der Waals surface area contributed by atoms with Gasteiger partial charge in [0, 0.05) is 32.3 Å². The summed E-state index contributed by atoms with van der Waals surface area (Å²) in [6.07, 6.45) is 1.85. The third-order valence-corrected chi connectivity index (χ3v) is 3.66. The summed E-state index contributed by atoms with van der Waals surface area (Å²) in [5, 5.41) is 13.3. The van der Waals surface area contributed by atoms with Crippen LogP contribution in [0.15, 0.2) is 0 Å². The summed E-state index contributed by atoms with van der Waals surface area (Å²) >= 11 is 0. The van der Waals surface area contributed by atoms with Gasteiger partial charge in [0.1, 0.15) is 6.61 Å². The molecule has 1 aliphatic rings. The molecule has 2 N–H and O–H groups in total. The van der Waals surface area contributed by atoms with Crippen molar-refractivity contribution in [3.8, 4) is 0 Å². The van der Waals surface area contributed by atoms with E-state index in [2.05, 4.69) is 5.32 Å².